The Morgan fingerprint density at radius 1 is 1.03 bits per heavy atom. The van der Waals surface area contributed by atoms with Gasteiger partial charge in [-0.05, 0) is 42.5 Å². The lowest BCUT2D eigenvalue weighted by Gasteiger charge is -2.10. The first kappa shape index (κ1) is 22.2. The number of anilines is 1. The second-order valence-electron chi connectivity index (χ2n) is 8.80. The van der Waals surface area contributed by atoms with E-state index in [0.717, 1.165) is 75.0 Å². The number of hydrogen-bond donors (Lipinski definition) is 3. The highest BCUT2D eigenvalue weighted by Gasteiger charge is 2.15. The van der Waals surface area contributed by atoms with E-state index in [2.05, 4.69) is 84.7 Å². The van der Waals surface area contributed by atoms with Crippen molar-refractivity contribution < 1.29 is 0 Å². The van der Waals surface area contributed by atoms with Crippen LogP contribution in [0.5, 0.6) is 0 Å². The van der Waals surface area contributed by atoms with Gasteiger partial charge < -0.3 is 10.3 Å². The van der Waals surface area contributed by atoms with E-state index in [4.69, 9.17) is 0 Å². The van der Waals surface area contributed by atoms with Crippen LogP contribution in [0.4, 0.5) is 5.69 Å². The van der Waals surface area contributed by atoms with Gasteiger partial charge >= 0.3 is 0 Å². The molecule has 6 heterocycles. The Hall–Kier alpha value is -4.30. The molecule has 0 aromatic carbocycles. The number of unbranched alkanes of at least 4 members (excludes halogenated alkanes) is 1. The van der Waals surface area contributed by atoms with Crippen LogP contribution in [-0.2, 0) is 0 Å². The molecule has 0 fully saturated rings. The summed E-state index contributed by atoms with van der Waals surface area (Å²) in [5, 5.41) is 15.2. The van der Waals surface area contributed by atoms with E-state index < -0.39 is 0 Å². The van der Waals surface area contributed by atoms with E-state index >= 15 is 0 Å². The van der Waals surface area contributed by atoms with E-state index in [1.165, 1.54) is 4.88 Å². The molecule has 0 aliphatic heterocycles. The molecule has 8 heteroatoms. The summed E-state index contributed by atoms with van der Waals surface area (Å²) in [4.78, 5) is 18.2. The van der Waals surface area contributed by atoms with E-state index in [1.807, 2.05) is 31.0 Å². The van der Waals surface area contributed by atoms with Crippen molar-refractivity contribution in [2.24, 2.45) is 0 Å². The van der Waals surface area contributed by atoms with Crippen LogP contribution in [0, 0.1) is 0 Å². The van der Waals surface area contributed by atoms with Crippen molar-refractivity contribution in [3.63, 3.8) is 0 Å². The van der Waals surface area contributed by atoms with Crippen LogP contribution in [0.1, 0.15) is 26.2 Å². The summed E-state index contributed by atoms with van der Waals surface area (Å²) in [5.41, 5.74) is 8.46. The van der Waals surface area contributed by atoms with Crippen LogP contribution in [-0.4, -0.2) is 30.1 Å². The van der Waals surface area contributed by atoms with Gasteiger partial charge in [-0.1, -0.05) is 26.0 Å². The summed E-state index contributed by atoms with van der Waals surface area (Å²) in [6.07, 6.45) is 12.5. The van der Waals surface area contributed by atoms with Crippen LogP contribution < -0.4 is 5.32 Å². The number of pyridine rings is 3. The Kier molecular flexibility index (Phi) is 5.79. The predicted molar refractivity (Wildman–Crippen MR) is 148 cm³/mol. The summed E-state index contributed by atoms with van der Waals surface area (Å²) < 4.78 is 0. The van der Waals surface area contributed by atoms with Crippen LogP contribution in [0.15, 0.2) is 79.0 Å². The quantitative estimate of drug-likeness (QED) is 0.206. The molecule has 6 aromatic rings. The third-order valence-corrected chi connectivity index (χ3v) is 7.14. The van der Waals surface area contributed by atoms with Gasteiger partial charge in [-0.15, -0.1) is 11.3 Å². The van der Waals surface area contributed by atoms with Crippen LogP contribution in [0.3, 0.4) is 0 Å². The maximum atomic E-state index is 4.61. The highest BCUT2D eigenvalue weighted by Crippen LogP contribution is 2.35. The number of thiophene rings is 1. The summed E-state index contributed by atoms with van der Waals surface area (Å²) >= 11 is 1.71. The Balaban J connectivity index is 1.37. The summed E-state index contributed by atoms with van der Waals surface area (Å²) in [6.45, 7) is 6.32. The minimum Gasteiger partial charge on any atom is -0.358 e. The molecule has 0 saturated carbocycles. The molecule has 0 radical (unpaired) electrons. The molecule has 3 N–H and O–H groups in total. The fourth-order valence-corrected chi connectivity index (χ4v) is 5.15. The number of nitrogens with zero attached hydrogens (tertiary/aromatic N) is 4. The van der Waals surface area contributed by atoms with Gasteiger partial charge in [0.2, 0.25) is 0 Å². The van der Waals surface area contributed by atoms with Gasteiger partial charge in [0, 0.05) is 56.6 Å². The summed E-state index contributed by atoms with van der Waals surface area (Å²) in [5.74, 6) is 0. The van der Waals surface area contributed by atoms with Crippen LogP contribution in [0.25, 0.3) is 54.9 Å². The average Bonchev–Trinajstić information content (AvgIpc) is 3.66. The molecule has 0 saturated heterocycles. The van der Waals surface area contributed by atoms with Crippen LogP contribution >= 0.6 is 11.3 Å². The number of nitrogens with one attached hydrogen (secondary N) is 3. The van der Waals surface area contributed by atoms with Crippen molar-refractivity contribution in [2.75, 3.05) is 5.32 Å². The number of fused-ring (bicyclic) bond motifs is 2. The molecule has 0 bridgehead atoms. The van der Waals surface area contributed by atoms with Crippen LogP contribution in [0.2, 0.25) is 0 Å². The molecule has 6 aromatic heterocycles. The smallest absolute Gasteiger partial charge is 0.181 e. The summed E-state index contributed by atoms with van der Waals surface area (Å²) in [7, 11) is 0. The Morgan fingerprint density at radius 2 is 1.92 bits per heavy atom. The van der Waals surface area contributed by atoms with Gasteiger partial charge in [0.15, 0.2) is 5.65 Å². The van der Waals surface area contributed by atoms with Crippen molar-refractivity contribution in [1.82, 2.24) is 30.1 Å². The van der Waals surface area contributed by atoms with Crippen molar-refractivity contribution in [1.29, 1.82) is 0 Å². The molecule has 7 nitrogen and oxygen atoms in total. The molecular weight excluding hydrogens is 466 g/mol. The lowest BCUT2D eigenvalue weighted by atomic mass is 10.1. The molecule has 0 atom stereocenters. The third kappa shape index (κ3) is 4.16. The first-order chi connectivity index (χ1) is 17.7. The Bertz CT molecular complexity index is 1680. The monoisotopic (exact) mass is 491 g/mol. The van der Waals surface area contributed by atoms with E-state index in [0.29, 0.717) is 5.65 Å². The number of rotatable bonds is 8. The molecule has 0 unspecified atom stereocenters. The first-order valence-electron chi connectivity index (χ1n) is 11.9. The third-order valence-electron chi connectivity index (χ3n) is 6.24. The minimum absolute atomic E-state index is 0.666. The lowest BCUT2D eigenvalue weighted by Crippen LogP contribution is -1.98. The second kappa shape index (κ2) is 9.39. The Labute approximate surface area is 212 Å². The largest absolute Gasteiger partial charge is 0.358 e. The van der Waals surface area contributed by atoms with E-state index in [-0.39, 0.29) is 0 Å². The summed E-state index contributed by atoms with van der Waals surface area (Å²) in [6, 6.07) is 10.5. The van der Waals surface area contributed by atoms with Crippen molar-refractivity contribution in [3.05, 3.63) is 79.0 Å². The molecule has 6 rings (SSSR count). The molecule has 0 amide bonds. The van der Waals surface area contributed by atoms with Crippen molar-refractivity contribution in [2.45, 2.75) is 26.2 Å². The minimum atomic E-state index is 0.666. The van der Waals surface area contributed by atoms with E-state index in [9.17, 15) is 0 Å². The molecular formula is C28H25N7S. The first-order valence-corrected chi connectivity index (χ1v) is 12.8. The fraction of sp³-hybridized carbons (Fsp3) is 0.143. The number of aromatic nitrogens is 6. The maximum Gasteiger partial charge on any atom is 0.181 e. The standard InChI is InChI=1S/C28H25N7S/c1-3-4-6-17(2)32-20-9-18(12-29-14-20)19-10-22-27(34-35-28(22)31-13-19)24-11-21-23(26-7-5-8-36-26)15-30-16-25(21)33-24/h5,7-16,32-33H,2-4,6H2,1H3,(H,31,34,35). The predicted octanol–water partition coefficient (Wildman–Crippen LogP) is 7.41. The van der Waals surface area contributed by atoms with Gasteiger partial charge in [0.1, 0.15) is 0 Å². The number of allylic oxidation sites excluding steroid dienone is 1. The van der Waals surface area contributed by atoms with Gasteiger partial charge in [-0.25, -0.2) is 4.98 Å². The molecule has 178 valence electrons. The fourth-order valence-electron chi connectivity index (χ4n) is 4.40. The van der Waals surface area contributed by atoms with Gasteiger partial charge in [0.25, 0.3) is 0 Å². The number of hydrogen-bond acceptors (Lipinski definition) is 6. The molecule has 36 heavy (non-hydrogen) atoms. The van der Waals surface area contributed by atoms with Crippen molar-refractivity contribution in [3.8, 4) is 33.0 Å². The van der Waals surface area contributed by atoms with Gasteiger partial charge in [-0.2, -0.15) is 5.10 Å². The highest BCUT2D eigenvalue weighted by atomic mass is 32.1. The Morgan fingerprint density at radius 3 is 2.78 bits per heavy atom. The normalized spacial score (nSPS) is 11.4. The van der Waals surface area contributed by atoms with Gasteiger partial charge in [-0.3, -0.25) is 15.1 Å². The molecule has 0 aliphatic rings. The second-order valence-corrected chi connectivity index (χ2v) is 9.74. The zero-order valence-corrected chi connectivity index (χ0v) is 20.7. The van der Waals surface area contributed by atoms with Crippen molar-refractivity contribution >= 4 is 39.0 Å². The lowest BCUT2D eigenvalue weighted by molar-refractivity contribution is 0.791. The van der Waals surface area contributed by atoms with Gasteiger partial charge in [0.05, 0.1) is 35.0 Å². The topological polar surface area (TPSA) is 95.2 Å². The highest BCUT2D eigenvalue weighted by molar-refractivity contribution is 7.13. The zero-order valence-electron chi connectivity index (χ0n) is 19.9. The average molecular weight is 492 g/mol. The van der Waals surface area contributed by atoms with E-state index in [1.54, 1.807) is 11.3 Å². The number of H-pyrrole nitrogens is 2. The zero-order chi connectivity index (χ0) is 24.5. The molecule has 0 spiro atoms. The SMILES string of the molecule is C=C(CCCC)Nc1cncc(-c2cnc3n[nH]c(-c4cc5c(-c6cccs6)cncc5[nH]4)c3c2)c1. The molecule has 0 aliphatic carbocycles. The maximum absolute atomic E-state index is 4.61. The number of aromatic amines is 2.